The smallest absolute Gasteiger partial charge is 0.335 e. The summed E-state index contributed by atoms with van der Waals surface area (Å²) in [5, 5.41) is 8.86. The molecule has 1 aliphatic rings. The molecule has 2 aromatic rings. The van der Waals surface area contributed by atoms with Gasteiger partial charge in [-0.15, -0.1) is 0 Å². The Balaban J connectivity index is 2.02. The molecule has 1 aliphatic carbocycles. The second-order valence-electron chi connectivity index (χ2n) is 5.19. The zero-order valence-corrected chi connectivity index (χ0v) is 11.0. The fourth-order valence-corrected chi connectivity index (χ4v) is 2.78. The van der Waals surface area contributed by atoms with Crippen molar-refractivity contribution in [3.05, 3.63) is 58.9 Å². The van der Waals surface area contributed by atoms with Gasteiger partial charge in [0.25, 0.3) is 0 Å². The van der Waals surface area contributed by atoms with Crippen molar-refractivity contribution in [2.24, 2.45) is 0 Å². The molecule has 0 fully saturated rings. The largest absolute Gasteiger partial charge is 0.478 e. The summed E-state index contributed by atoms with van der Waals surface area (Å²) in [5.41, 5.74) is 3.89. The van der Waals surface area contributed by atoms with E-state index in [1.165, 1.54) is 30.0 Å². The van der Waals surface area contributed by atoms with E-state index in [0.717, 1.165) is 24.5 Å². The Labute approximate surface area is 116 Å². The highest BCUT2D eigenvalue weighted by Crippen LogP contribution is 2.29. The number of hydrogen-bond donors (Lipinski definition) is 1. The van der Waals surface area contributed by atoms with Crippen molar-refractivity contribution in [2.75, 3.05) is 0 Å². The van der Waals surface area contributed by atoms with E-state index in [1.807, 2.05) is 12.1 Å². The summed E-state index contributed by atoms with van der Waals surface area (Å²) in [6.45, 7) is 0. The van der Waals surface area contributed by atoms with Crippen LogP contribution < -0.4 is 0 Å². The minimum atomic E-state index is -1.11. The zero-order chi connectivity index (χ0) is 14.1. The third-order valence-corrected chi connectivity index (χ3v) is 3.88. The summed E-state index contributed by atoms with van der Waals surface area (Å²) < 4.78 is 14.1. The van der Waals surface area contributed by atoms with Crippen molar-refractivity contribution in [1.29, 1.82) is 0 Å². The van der Waals surface area contributed by atoms with E-state index in [-0.39, 0.29) is 5.56 Å². The summed E-state index contributed by atoms with van der Waals surface area (Å²) in [4.78, 5) is 10.8. The van der Waals surface area contributed by atoms with Crippen molar-refractivity contribution in [1.82, 2.24) is 0 Å². The van der Waals surface area contributed by atoms with E-state index in [4.69, 9.17) is 5.11 Å². The predicted octanol–water partition coefficient (Wildman–Crippen LogP) is 4.07. The van der Waals surface area contributed by atoms with E-state index in [9.17, 15) is 9.18 Å². The van der Waals surface area contributed by atoms with Gasteiger partial charge in [-0.05, 0) is 54.5 Å². The molecular weight excluding hydrogens is 255 g/mol. The number of aromatic carboxylic acids is 1. The molecule has 0 saturated carbocycles. The number of carboxylic acids is 1. The highest BCUT2D eigenvalue weighted by Gasteiger charge is 2.13. The normalized spacial score (nSPS) is 13.8. The molecule has 1 N–H and O–H groups in total. The number of benzene rings is 2. The summed E-state index contributed by atoms with van der Waals surface area (Å²) in [7, 11) is 0. The standard InChI is InChI=1S/C17H15FO2/c18-16-10-14(17(19)20)7-8-15(16)13-6-5-11-3-1-2-4-12(11)9-13/h5-10H,1-4H2,(H,19,20). The Kier molecular flexibility index (Phi) is 3.26. The molecule has 0 heterocycles. The van der Waals surface area contributed by atoms with Crippen LogP contribution in [-0.4, -0.2) is 11.1 Å². The molecule has 0 unspecified atom stereocenters. The van der Waals surface area contributed by atoms with Gasteiger partial charge in [-0.1, -0.05) is 24.3 Å². The Morgan fingerprint density at radius 1 is 1.00 bits per heavy atom. The Morgan fingerprint density at radius 2 is 1.75 bits per heavy atom. The van der Waals surface area contributed by atoms with Gasteiger partial charge >= 0.3 is 5.97 Å². The summed E-state index contributed by atoms with van der Waals surface area (Å²) >= 11 is 0. The maximum atomic E-state index is 14.1. The Morgan fingerprint density at radius 3 is 2.45 bits per heavy atom. The molecule has 0 aliphatic heterocycles. The molecule has 2 aromatic carbocycles. The van der Waals surface area contributed by atoms with Crippen molar-refractivity contribution in [3.63, 3.8) is 0 Å². The molecule has 20 heavy (non-hydrogen) atoms. The molecule has 0 bridgehead atoms. The molecule has 0 saturated heterocycles. The number of carbonyl (C=O) groups is 1. The van der Waals surface area contributed by atoms with Crippen molar-refractivity contribution < 1.29 is 14.3 Å². The van der Waals surface area contributed by atoms with Gasteiger partial charge in [-0.25, -0.2) is 9.18 Å². The minimum absolute atomic E-state index is 0.0239. The van der Waals surface area contributed by atoms with Crippen molar-refractivity contribution >= 4 is 5.97 Å². The van der Waals surface area contributed by atoms with Gasteiger partial charge in [0.2, 0.25) is 0 Å². The van der Waals surface area contributed by atoms with Gasteiger partial charge < -0.3 is 5.11 Å². The van der Waals surface area contributed by atoms with Crippen LogP contribution in [0.3, 0.4) is 0 Å². The average molecular weight is 270 g/mol. The molecule has 3 rings (SSSR count). The first-order valence-electron chi connectivity index (χ1n) is 6.80. The van der Waals surface area contributed by atoms with Crippen LogP contribution in [0.15, 0.2) is 36.4 Å². The first-order chi connectivity index (χ1) is 9.65. The molecular formula is C17H15FO2. The van der Waals surface area contributed by atoms with Crippen molar-refractivity contribution in [2.45, 2.75) is 25.7 Å². The summed E-state index contributed by atoms with van der Waals surface area (Å²) in [6.07, 6.45) is 4.53. The van der Waals surface area contributed by atoms with E-state index in [1.54, 1.807) is 6.07 Å². The van der Waals surface area contributed by atoms with Crippen LogP contribution in [0.25, 0.3) is 11.1 Å². The van der Waals surface area contributed by atoms with E-state index >= 15 is 0 Å². The van der Waals surface area contributed by atoms with Gasteiger partial charge in [0.15, 0.2) is 0 Å². The minimum Gasteiger partial charge on any atom is -0.478 e. The Hall–Kier alpha value is -2.16. The summed E-state index contributed by atoms with van der Waals surface area (Å²) in [6, 6.07) is 10.1. The molecule has 0 radical (unpaired) electrons. The monoisotopic (exact) mass is 270 g/mol. The topological polar surface area (TPSA) is 37.3 Å². The van der Waals surface area contributed by atoms with Gasteiger partial charge in [0.1, 0.15) is 5.82 Å². The van der Waals surface area contributed by atoms with Crippen molar-refractivity contribution in [3.8, 4) is 11.1 Å². The summed E-state index contributed by atoms with van der Waals surface area (Å²) in [5.74, 6) is -1.60. The molecule has 3 heteroatoms. The number of halogens is 1. The van der Waals surface area contributed by atoms with Crippen LogP contribution in [0.4, 0.5) is 4.39 Å². The quantitative estimate of drug-likeness (QED) is 0.893. The number of fused-ring (bicyclic) bond motifs is 1. The molecule has 2 nitrogen and oxygen atoms in total. The van der Waals surface area contributed by atoms with Gasteiger partial charge in [0.05, 0.1) is 5.56 Å². The molecule has 0 atom stereocenters. The van der Waals surface area contributed by atoms with Crippen LogP contribution in [0.2, 0.25) is 0 Å². The highest BCUT2D eigenvalue weighted by atomic mass is 19.1. The molecule has 0 aromatic heterocycles. The van der Waals surface area contributed by atoms with Gasteiger partial charge in [-0.3, -0.25) is 0 Å². The number of aryl methyl sites for hydroxylation is 2. The van der Waals surface area contributed by atoms with Crippen LogP contribution >= 0.6 is 0 Å². The second kappa shape index (κ2) is 5.08. The first kappa shape index (κ1) is 12.9. The highest BCUT2D eigenvalue weighted by molar-refractivity contribution is 5.88. The van der Waals surface area contributed by atoms with Gasteiger partial charge in [-0.2, -0.15) is 0 Å². The van der Waals surface area contributed by atoms with Crippen LogP contribution in [0.1, 0.15) is 34.3 Å². The fourth-order valence-electron chi connectivity index (χ4n) is 2.78. The second-order valence-corrected chi connectivity index (χ2v) is 5.19. The lowest BCUT2D eigenvalue weighted by molar-refractivity contribution is 0.0696. The maximum absolute atomic E-state index is 14.1. The average Bonchev–Trinajstić information content (AvgIpc) is 2.46. The first-order valence-corrected chi connectivity index (χ1v) is 6.80. The lowest BCUT2D eigenvalue weighted by atomic mass is 9.89. The number of carboxylic acid groups (broad SMARTS) is 1. The predicted molar refractivity (Wildman–Crippen MR) is 75.4 cm³/mol. The molecule has 0 spiro atoms. The fraction of sp³-hybridized carbons (Fsp3) is 0.235. The number of hydrogen-bond acceptors (Lipinski definition) is 1. The third-order valence-electron chi connectivity index (χ3n) is 3.88. The van der Waals surface area contributed by atoms with E-state index in [2.05, 4.69) is 6.07 Å². The lowest BCUT2D eigenvalue weighted by Gasteiger charge is -2.17. The van der Waals surface area contributed by atoms with E-state index in [0.29, 0.717) is 5.56 Å². The third kappa shape index (κ3) is 2.31. The molecule has 0 amide bonds. The molecule has 102 valence electrons. The SMILES string of the molecule is O=C(O)c1ccc(-c2ccc3c(c2)CCCC3)c(F)c1. The van der Waals surface area contributed by atoms with Crippen LogP contribution in [0.5, 0.6) is 0 Å². The lowest BCUT2D eigenvalue weighted by Crippen LogP contribution is -2.03. The number of rotatable bonds is 2. The van der Waals surface area contributed by atoms with E-state index < -0.39 is 11.8 Å². The van der Waals surface area contributed by atoms with Gasteiger partial charge in [0, 0.05) is 5.56 Å². The zero-order valence-electron chi connectivity index (χ0n) is 11.0. The van der Waals surface area contributed by atoms with Crippen LogP contribution in [-0.2, 0) is 12.8 Å². The van der Waals surface area contributed by atoms with Crippen LogP contribution in [0, 0.1) is 5.82 Å². The Bertz CT molecular complexity index is 677. The maximum Gasteiger partial charge on any atom is 0.335 e.